The van der Waals surface area contributed by atoms with E-state index in [1.807, 2.05) is 0 Å². The molecular formula is C15H24N2. The Bertz CT molecular complexity index is 347. The van der Waals surface area contributed by atoms with Crippen LogP contribution in [0.2, 0.25) is 0 Å². The van der Waals surface area contributed by atoms with Gasteiger partial charge in [0.2, 0.25) is 0 Å². The van der Waals surface area contributed by atoms with E-state index in [1.165, 1.54) is 49.3 Å². The van der Waals surface area contributed by atoms with Crippen molar-refractivity contribution in [2.45, 2.75) is 26.7 Å². The Morgan fingerprint density at radius 3 is 2.35 bits per heavy atom. The first-order valence-corrected chi connectivity index (χ1v) is 6.66. The molecule has 1 aliphatic heterocycles. The molecular weight excluding hydrogens is 208 g/mol. The van der Waals surface area contributed by atoms with Crippen LogP contribution in [0.5, 0.6) is 0 Å². The van der Waals surface area contributed by atoms with Gasteiger partial charge < -0.3 is 10.2 Å². The van der Waals surface area contributed by atoms with Crippen molar-refractivity contribution in [1.82, 2.24) is 5.32 Å². The van der Waals surface area contributed by atoms with Crippen molar-refractivity contribution in [3.05, 3.63) is 29.3 Å². The smallest absolute Gasteiger partial charge is 0.0423 e. The summed E-state index contributed by atoms with van der Waals surface area (Å²) < 4.78 is 0. The maximum absolute atomic E-state index is 3.43. The lowest BCUT2D eigenvalue weighted by atomic mass is 9.97. The van der Waals surface area contributed by atoms with E-state index in [9.17, 15) is 0 Å². The Morgan fingerprint density at radius 1 is 1.18 bits per heavy atom. The summed E-state index contributed by atoms with van der Waals surface area (Å²) in [6, 6.07) is 6.56. The Hall–Kier alpha value is -1.02. The summed E-state index contributed by atoms with van der Waals surface area (Å²) in [5.41, 5.74) is 4.20. The van der Waals surface area contributed by atoms with Gasteiger partial charge in [0.15, 0.2) is 0 Å². The number of aryl methyl sites for hydroxylation is 2. The minimum Gasteiger partial charge on any atom is -0.374 e. The van der Waals surface area contributed by atoms with Crippen LogP contribution in [0, 0.1) is 19.8 Å². The average molecular weight is 232 g/mol. The zero-order valence-corrected chi connectivity index (χ0v) is 11.3. The van der Waals surface area contributed by atoms with Crippen molar-refractivity contribution in [3.8, 4) is 0 Å². The highest BCUT2D eigenvalue weighted by Crippen LogP contribution is 2.25. The summed E-state index contributed by atoms with van der Waals surface area (Å²) in [7, 11) is 2.23. The first-order chi connectivity index (χ1) is 8.18. The van der Waals surface area contributed by atoms with Gasteiger partial charge in [0.25, 0.3) is 0 Å². The Labute approximate surface area is 105 Å². The predicted molar refractivity (Wildman–Crippen MR) is 74.8 cm³/mol. The molecule has 2 nitrogen and oxygen atoms in total. The number of rotatable bonds is 3. The molecule has 0 aliphatic carbocycles. The molecule has 2 rings (SSSR count). The van der Waals surface area contributed by atoms with E-state index in [2.05, 4.69) is 49.3 Å². The molecule has 1 fully saturated rings. The first kappa shape index (κ1) is 12.4. The molecule has 0 saturated carbocycles. The zero-order chi connectivity index (χ0) is 12.3. The van der Waals surface area contributed by atoms with E-state index in [0.29, 0.717) is 0 Å². The van der Waals surface area contributed by atoms with Crippen LogP contribution in [0.15, 0.2) is 18.2 Å². The zero-order valence-electron chi connectivity index (χ0n) is 11.3. The van der Waals surface area contributed by atoms with Crippen LogP contribution in [0.4, 0.5) is 5.69 Å². The normalized spacial score (nSPS) is 17.1. The molecule has 1 aliphatic rings. The first-order valence-electron chi connectivity index (χ1n) is 6.66. The molecule has 17 heavy (non-hydrogen) atoms. The van der Waals surface area contributed by atoms with Crippen LogP contribution >= 0.6 is 0 Å². The lowest BCUT2D eigenvalue weighted by Crippen LogP contribution is -2.35. The van der Waals surface area contributed by atoms with Gasteiger partial charge in [-0.25, -0.2) is 0 Å². The second kappa shape index (κ2) is 5.54. The largest absolute Gasteiger partial charge is 0.374 e. The molecule has 1 aromatic carbocycles. The van der Waals surface area contributed by atoms with Crippen LogP contribution in [0.3, 0.4) is 0 Å². The van der Waals surface area contributed by atoms with Crippen LogP contribution in [0.25, 0.3) is 0 Å². The van der Waals surface area contributed by atoms with Gasteiger partial charge in [-0.1, -0.05) is 18.2 Å². The van der Waals surface area contributed by atoms with Gasteiger partial charge in [0, 0.05) is 19.3 Å². The Kier molecular flexibility index (Phi) is 4.06. The number of anilines is 1. The molecule has 0 atom stereocenters. The van der Waals surface area contributed by atoms with E-state index >= 15 is 0 Å². The fourth-order valence-electron chi connectivity index (χ4n) is 2.95. The number of piperidine rings is 1. The van der Waals surface area contributed by atoms with Gasteiger partial charge >= 0.3 is 0 Å². The van der Waals surface area contributed by atoms with E-state index in [0.717, 1.165) is 5.92 Å². The highest BCUT2D eigenvalue weighted by Gasteiger charge is 2.16. The van der Waals surface area contributed by atoms with Crippen molar-refractivity contribution in [2.75, 3.05) is 31.6 Å². The van der Waals surface area contributed by atoms with Gasteiger partial charge in [0.1, 0.15) is 0 Å². The highest BCUT2D eigenvalue weighted by atomic mass is 15.1. The monoisotopic (exact) mass is 232 g/mol. The molecule has 1 N–H and O–H groups in total. The third kappa shape index (κ3) is 3.01. The number of hydrogen-bond donors (Lipinski definition) is 1. The number of nitrogens with zero attached hydrogens (tertiary/aromatic N) is 1. The summed E-state index contributed by atoms with van der Waals surface area (Å²) in [6.45, 7) is 7.98. The summed E-state index contributed by atoms with van der Waals surface area (Å²) in [6.07, 6.45) is 2.63. The molecule has 0 amide bonds. The predicted octanol–water partition coefficient (Wildman–Crippen LogP) is 2.74. The van der Waals surface area contributed by atoms with Crippen LogP contribution in [-0.4, -0.2) is 26.7 Å². The Morgan fingerprint density at radius 2 is 1.76 bits per heavy atom. The van der Waals surface area contributed by atoms with Crippen molar-refractivity contribution >= 4 is 5.69 Å². The van der Waals surface area contributed by atoms with Gasteiger partial charge in [0.05, 0.1) is 0 Å². The van der Waals surface area contributed by atoms with Crippen molar-refractivity contribution in [3.63, 3.8) is 0 Å². The van der Waals surface area contributed by atoms with Gasteiger partial charge in [-0.3, -0.25) is 0 Å². The maximum atomic E-state index is 3.43. The topological polar surface area (TPSA) is 15.3 Å². The summed E-state index contributed by atoms with van der Waals surface area (Å²) in [5, 5.41) is 3.43. The quantitative estimate of drug-likeness (QED) is 0.862. The van der Waals surface area contributed by atoms with Crippen molar-refractivity contribution in [2.24, 2.45) is 5.92 Å². The molecule has 0 bridgehead atoms. The van der Waals surface area contributed by atoms with Crippen molar-refractivity contribution < 1.29 is 0 Å². The highest BCUT2D eigenvalue weighted by molar-refractivity contribution is 5.58. The third-order valence-corrected chi connectivity index (χ3v) is 3.81. The van der Waals surface area contributed by atoms with E-state index < -0.39 is 0 Å². The van der Waals surface area contributed by atoms with E-state index in [4.69, 9.17) is 0 Å². The molecule has 0 radical (unpaired) electrons. The van der Waals surface area contributed by atoms with Crippen LogP contribution in [-0.2, 0) is 0 Å². The molecule has 1 aromatic rings. The molecule has 94 valence electrons. The summed E-state index contributed by atoms with van der Waals surface area (Å²) >= 11 is 0. The lowest BCUT2D eigenvalue weighted by Gasteiger charge is -2.30. The third-order valence-electron chi connectivity index (χ3n) is 3.81. The fraction of sp³-hybridized carbons (Fsp3) is 0.600. The minimum atomic E-state index is 0.847. The summed E-state index contributed by atoms with van der Waals surface area (Å²) in [4.78, 5) is 2.45. The van der Waals surface area contributed by atoms with Gasteiger partial charge in [-0.05, 0) is 56.8 Å². The number of benzene rings is 1. The van der Waals surface area contributed by atoms with Gasteiger partial charge in [-0.2, -0.15) is 0 Å². The van der Waals surface area contributed by atoms with Crippen molar-refractivity contribution in [1.29, 1.82) is 0 Å². The second-order valence-corrected chi connectivity index (χ2v) is 5.31. The standard InChI is InChI=1S/C15H24N2/c1-12-5-4-6-13(2)15(12)17(3)11-14-7-9-16-10-8-14/h4-6,14,16H,7-11H2,1-3H3. The van der Waals surface area contributed by atoms with E-state index in [1.54, 1.807) is 0 Å². The molecule has 2 heteroatoms. The van der Waals surface area contributed by atoms with Crippen LogP contribution < -0.4 is 10.2 Å². The lowest BCUT2D eigenvalue weighted by molar-refractivity contribution is 0.378. The molecule has 0 spiro atoms. The number of hydrogen-bond acceptors (Lipinski definition) is 2. The fourth-order valence-corrected chi connectivity index (χ4v) is 2.95. The average Bonchev–Trinajstić information content (AvgIpc) is 2.30. The summed E-state index contributed by atoms with van der Waals surface area (Å²) in [5.74, 6) is 0.847. The second-order valence-electron chi connectivity index (χ2n) is 5.31. The molecule has 1 heterocycles. The maximum Gasteiger partial charge on any atom is 0.0423 e. The molecule has 0 unspecified atom stereocenters. The minimum absolute atomic E-state index is 0.847. The molecule has 0 aromatic heterocycles. The SMILES string of the molecule is Cc1cccc(C)c1N(C)CC1CCNCC1. The Balaban J connectivity index is 2.05. The van der Waals surface area contributed by atoms with Crippen LogP contribution in [0.1, 0.15) is 24.0 Å². The number of nitrogens with one attached hydrogen (secondary N) is 1. The van der Waals surface area contributed by atoms with E-state index in [-0.39, 0.29) is 0 Å². The molecule has 1 saturated heterocycles. The van der Waals surface area contributed by atoms with Gasteiger partial charge in [-0.15, -0.1) is 0 Å². The number of para-hydroxylation sites is 1.